The van der Waals surface area contributed by atoms with Gasteiger partial charge in [0.2, 0.25) is 0 Å². The third-order valence-electron chi connectivity index (χ3n) is 3.00. The van der Waals surface area contributed by atoms with Gasteiger partial charge in [0, 0.05) is 11.4 Å². The van der Waals surface area contributed by atoms with Crippen molar-refractivity contribution in [1.29, 1.82) is 0 Å². The van der Waals surface area contributed by atoms with Crippen molar-refractivity contribution in [2.24, 2.45) is 0 Å². The van der Waals surface area contributed by atoms with E-state index in [2.05, 4.69) is 5.32 Å². The number of hydrogen-bond donors (Lipinski definition) is 2. The Hall–Kier alpha value is -2.36. The summed E-state index contributed by atoms with van der Waals surface area (Å²) in [6.45, 7) is 3.94. The Morgan fingerprint density at radius 1 is 1.11 bits per heavy atom. The number of amides is 1. The van der Waals surface area contributed by atoms with Gasteiger partial charge in [0.25, 0.3) is 5.91 Å². The van der Waals surface area contributed by atoms with Crippen molar-refractivity contribution in [2.45, 2.75) is 13.8 Å². The van der Waals surface area contributed by atoms with Crippen LogP contribution < -0.4 is 11.1 Å². The second-order valence-corrected chi connectivity index (χ2v) is 4.49. The van der Waals surface area contributed by atoms with Gasteiger partial charge in [-0.1, -0.05) is 6.07 Å². The Balaban J connectivity index is 2.23. The van der Waals surface area contributed by atoms with E-state index in [0.29, 0.717) is 11.4 Å². The Morgan fingerprint density at radius 3 is 2.47 bits per heavy atom. The zero-order valence-electron chi connectivity index (χ0n) is 10.8. The van der Waals surface area contributed by atoms with Crippen molar-refractivity contribution >= 4 is 17.3 Å². The fourth-order valence-corrected chi connectivity index (χ4v) is 1.73. The van der Waals surface area contributed by atoms with Crippen molar-refractivity contribution in [2.75, 3.05) is 11.1 Å². The maximum Gasteiger partial charge on any atom is 0.258 e. The number of carbonyl (C=O) groups excluding carboxylic acids is 1. The number of nitrogen functional groups attached to an aromatic ring is 1. The van der Waals surface area contributed by atoms with E-state index in [0.717, 1.165) is 17.2 Å². The molecule has 0 unspecified atom stereocenters. The molecule has 0 aromatic heterocycles. The molecule has 1 amide bonds. The average Bonchev–Trinajstić information content (AvgIpc) is 2.33. The number of benzene rings is 2. The lowest BCUT2D eigenvalue weighted by Gasteiger charge is -2.08. The van der Waals surface area contributed by atoms with Gasteiger partial charge < -0.3 is 11.1 Å². The maximum absolute atomic E-state index is 13.6. The highest BCUT2D eigenvalue weighted by Crippen LogP contribution is 2.17. The van der Waals surface area contributed by atoms with Crippen LogP contribution in [0.5, 0.6) is 0 Å². The molecule has 3 nitrogen and oxygen atoms in total. The molecule has 0 saturated heterocycles. The molecule has 0 aliphatic heterocycles. The predicted molar refractivity (Wildman–Crippen MR) is 74.7 cm³/mol. The van der Waals surface area contributed by atoms with Crippen LogP contribution in [-0.2, 0) is 0 Å². The smallest absolute Gasteiger partial charge is 0.258 e. The summed E-state index contributed by atoms with van der Waals surface area (Å²) in [5.41, 5.74) is 8.56. The zero-order valence-corrected chi connectivity index (χ0v) is 10.8. The van der Waals surface area contributed by atoms with E-state index in [-0.39, 0.29) is 5.56 Å². The second-order valence-electron chi connectivity index (χ2n) is 4.49. The molecule has 0 spiro atoms. The molecular formula is C15H15FN2O. The first-order valence-electron chi connectivity index (χ1n) is 5.91. The normalized spacial score (nSPS) is 10.3. The summed E-state index contributed by atoms with van der Waals surface area (Å²) in [6.07, 6.45) is 0. The Bertz CT molecular complexity index is 638. The quantitative estimate of drug-likeness (QED) is 0.812. The standard InChI is InChI=1S/C15H15FN2O/c1-9-3-5-12(7-10(9)2)18-15(19)13-6-4-11(17)8-14(13)16/h3-8H,17H2,1-2H3,(H,18,19). The minimum atomic E-state index is -0.624. The highest BCUT2D eigenvalue weighted by atomic mass is 19.1. The van der Waals surface area contributed by atoms with E-state index in [4.69, 9.17) is 5.73 Å². The molecule has 2 aromatic carbocycles. The first-order chi connectivity index (χ1) is 8.97. The van der Waals surface area contributed by atoms with Crippen LogP contribution in [-0.4, -0.2) is 5.91 Å². The van der Waals surface area contributed by atoms with E-state index in [1.165, 1.54) is 12.1 Å². The van der Waals surface area contributed by atoms with Crippen molar-refractivity contribution in [1.82, 2.24) is 0 Å². The van der Waals surface area contributed by atoms with Gasteiger partial charge in [-0.15, -0.1) is 0 Å². The van der Waals surface area contributed by atoms with Crippen LogP contribution in [0.2, 0.25) is 0 Å². The van der Waals surface area contributed by atoms with Crippen LogP contribution in [0.25, 0.3) is 0 Å². The fraction of sp³-hybridized carbons (Fsp3) is 0.133. The number of hydrogen-bond acceptors (Lipinski definition) is 2. The van der Waals surface area contributed by atoms with E-state index < -0.39 is 11.7 Å². The molecule has 0 atom stereocenters. The number of anilines is 2. The predicted octanol–water partition coefficient (Wildman–Crippen LogP) is 3.28. The van der Waals surface area contributed by atoms with Gasteiger partial charge in [-0.05, 0) is 55.3 Å². The molecule has 0 heterocycles. The van der Waals surface area contributed by atoms with E-state index in [9.17, 15) is 9.18 Å². The summed E-state index contributed by atoms with van der Waals surface area (Å²) < 4.78 is 13.6. The van der Waals surface area contributed by atoms with Crippen LogP contribution in [0.4, 0.5) is 15.8 Å². The van der Waals surface area contributed by atoms with E-state index >= 15 is 0 Å². The molecule has 0 bridgehead atoms. The molecule has 0 fully saturated rings. The first-order valence-corrected chi connectivity index (χ1v) is 5.91. The summed E-state index contributed by atoms with van der Waals surface area (Å²) in [7, 11) is 0. The van der Waals surface area contributed by atoms with Gasteiger partial charge in [-0.2, -0.15) is 0 Å². The lowest BCUT2D eigenvalue weighted by Crippen LogP contribution is -2.14. The lowest BCUT2D eigenvalue weighted by atomic mass is 10.1. The fourth-order valence-electron chi connectivity index (χ4n) is 1.73. The minimum Gasteiger partial charge on any atom is -0.399 e. The Kier molecular flexibility index (Phi) is 3.51. The van der Waals surface area contributed by atoms with Gasteiger partial charge in [0.05, 0.1) is 5.56 Å². The number of nitrogens with one attached hydrogen (secondary N) is 1. The van der Waals surface area contributed by atoms with E-state index in [1.807, 2.05) is 26.0 Å². The van der Waals surface area contributed by atoms with Gasteiger partial charge in [-0.3, -0.25) is 4.79 Å². The number of carbonyl (C=O) groups is 1. The monoisotopic (exact) mass is 258 g/mol. The Labute approximate surface area is 111 Å². The van der Waals surface area contributed by atoms with Gasteiger partial charge >= 0.3 is 0 Å². The van der Waals surface area contributed by atoms with Crippen molar-refractivity contribution in [3.05, 3.63) is 58.9 Å². The highest BCUT2D eigenvalue weighted by molar-refractivity contribution is 6.04. The summed E-state index contributed by atoms with van der Waals surface area (Å²) in [6, 6.07) is 9.55. The molecule has 2 aromatic rings. The first kappa shape index (κ1) is 13.1. The molecule has 3 N–H and O–H groups in total. The largest absolute Gasteiger partial charge is 0.399 e. The van der Waals surface area contributed by atoms with Gasteiger partial charge in [-0.25, -0.2) is 4.39 Å². The maximum atomic E-state index is 13.6. The molecular weight excluding hydrogens is 243 g/mol. The summed E-state index contributed by atoms with van der Waals surface area (Å²) in [5.74, 6) is -1.11. The third kappa shape index (κ3) is 2.91. The molecule has 0 aliphatic rings. The highest BCUT2D eigenvalue weighted by Gasteiger charge is 2.12. The number of halogens is 1. The van der Waals surface area contributed by atoms with Gasteiger partial charge in [0.1, 0.15) is 5.82 Å². The van der Waals surface area contributed by atoms with Crippen molar-refractivity contribution < 1.29 is 9.18 Å². The summed E-state index contributed by atoms with van der Waals surface area (Å²) in [4.78, 5) is 12.0. The second kappa shape index (κ2) is 5.10. The summed E-state index contributed by atoms with van der Waals surface area (Å²) in [5, 5.41) is 2.67. The van der Waals surface area contributed by atoms with Crippen LogP contribution >= 0.6 is 0 Å². The SMILES string of the molecule is Cc1ccc(NC(=O)c2ccc(N)cc2F)cc1C. The van der Waals surface area contributed by atoms with Gasteiger partial charge in [0.15, 0.2) is 0 Å². The molecule has 0 radical (unpaired) electrons. The van der Waals surface area contributed by atoms with Crippen molar-refractivity contribution in [3.8, 4) is 0 Å². The number of nitrogens with two attached hydrogens (primary N) is 1. The lowest BCUT2D eigenvalue weighted by molar-refractivity contribution is 0.102. The van der Waals surface area contributed by atoms with E-state index in [1.54, 1.807) is 6.07 Å². The van der Waals surface area contributed by atoms with Crippen LogP contribution in [0.3, 0.4) is 0 Å². The molecule has 4 heteroatoms. The zero-order chi connectivity index (χ0) is 14.0. The van der Waals surface area contributed by atoms with Crippen LogP contribution in [0.1, 0.15) is 21.5 Å². The average molecular weight is 258 g/mol. The third-order valence-corrected chi connectivity index (χ3v) is 3.00. The topological polar surface area (TPSA) is 55.1 Å². The summed E-state index contributed by atoms with van der Waals surface area (Å²) >= 11 is 0. The molecule has 19 heavy (non-hydrogen) atoms. The van der Waals surface area contributed by atoms with Crippen LogP contribution in [0, 0.1) is 19.7 Å². The Morgan fingerprint density at radius 2 is 1.84 bits per heavy atom. The molecule has 0 aliphatic carbocycles. The number of aryl methyl sites for hydroxylation is 2. The molecule has 98 valence electrons. The molecule has 2 rings (SSSR count). The minimum absolute atomic E-state index is 0.0209. The molecule has 0 saturated carbocycles. The number of rotatable bonds is 2. The van der Waals surface area contributed by atoms with Crippen molar-refractivity contribution in [3.63, 3.8) is 0 Å². The van der Waals surface area contributed by atoms with Crippen LogP contribution in [0.15, 0.2) is 36.4 Å².